The van der Waals surface area contributed by atoms with Crippen LogP contribution in [-0.4, -0.2) is 14.8 Å². The molecule has 0 amide bonds. The topological polar surface area (TPSA) is 30.7 Å². The van der Waals surface area contributed by atoms with Crippen molar-refractivity contribution in [3.05, 3.63) is 36.4 Å². The average molecular weight is 176 g/mol. The van der Waals surface area contributed by atoms with Gasteiger partial charge in [-0.05, 0) is 24.3 Å². The predicted molar refractivity (Wildman–Crippen MR) is 45.2 cm³/mol. The number of aromatic nitrogens is 3. The normalized spacial score (nSPS) is 10.3. The first kappa shape index (κ1) is 7.91. The lowest BCUT2D eigenvalue weighted by Gasteiger charge is -1.93. The van der Waals surface area contributed by atoms with Gasteiger partial charge >= 0.3 is 0 Å². The summed E-state index contributed by atoms with van der Waals surface area (Å²) in [6.45, 7) is 0. The van der Waals surface area contributed by atoms with Crippen LogP contribution < -0.4 is 0 Å². The number of benzene rings is 1. The molecule has 1 heterocycles. The summed E-state index contributed by atoms with van der Waals surface area (Å²) in [5, 5.41) is 4.04. The van der Waals surface area contributed by atoms with Crippen molar-refractivity contribution in [2.75, 3.05) is 0 Å². The molecule has 3 nitrogen and oxygen atoms in total. The van der Waals surface area contributed by atoms with Crippen molar-refractivity contribution in [1.29, 1.82) is 0 Å². The van der Waals surface area contributed by atoms with Crippen LogP contribution in [0.25, 0.3) is 11.4 Å². The van der Waals surface area contributed by atoms with Crippen molar-refractivity contribution in [3.63, 3.8) is 0 Å². The van der Waals surface area contributed by atoms with Crippen molar-refractivity contribution in [2.24, 2.45) is 7.05 Å². The van der Waals surface area contributed by atoms with Crippen LogP contribution in [0, 0.1) is 12.1 Å². The van der Waals surface area contributed by atoms with Crippen LogP contribution in [0.15, 0.2) is 24.3 Å². The fraction of sp³-hybridized carbons (Fsp3) is 0.111. The van der Waals surface area contributed by atoms with E-state index in [-0.39, 0.29) is 5.82 Å². The summed E-state index contributed by atoms with van der Waals surface area (Å²) in [6, 6.07) is 6.04. The van der Waals surface area contributed by atoms with E-state index in [9.17, 15) is 4.39 Å². The van der Waals surface area contributed by atoms with Gasteiger partial charge in [0, 0.05) is 12.6 Å². The largest absolute Gasteiger partial charge is 0.246 e. The van der Waals surface area contributed by atoms with E-state index in [0.717, 1.165) is 5.56 Å². The van der Waals surface area contributed by atoms with Gasteiger partial charge in [0.25, 0.3) is 0 Å². The molecule has 1 aromatic heterocycles. The molecule has 0 aliphatic carbocycles. The molecule has 0 bridgehead atoms. The Morgan fingerprint density at radius 2 is 2.00 bits per heavy atom. The van der Waals surface area contributed by atoms with Crippen molar-refractivity contribution in [2.45, 2.75) is 0 Å². The number of halogens is 1. The van der Waals surface area contributed by atoms with Crippen molar-refractivity contribution in [1.82, 2.24) is 14.8 Å². The van der Waals surface area contributed by atoms with E-state index < -0.39 is 0 Å². The second-order valence-corrected chi connectivity index (χ2v) is 2.67. The fourth-order valence-electron chi connectivity index (χ4n) is 1.03. The Labute approximate surface area is 74.8 Å². The minimum absolute atomic E-state index is 0.260. The molecule has 1 radical (unpaired) electrons. The summed E-state index contributed by atoms with van der Waals surface area (Å²) in [6.07, 6.45) is 2.64. The zero-order valence-electron chi connectivity index (χ0n) is 7.03. The lowest BCUT2D eigenvalue weighted by atomic mass is 10.2. The molecule has 0 unspecified atom stereocenters. The molecule has 13 heavy (non-hydrogen) atoms. The third-order valence-electron chi connectivity index (χ3n) is 1.65. The maximum atomic E-state index is 12.6. The van der Waals surface area contributed by atoms with Gasteiger partial charge < -0.3 is 0 Å². The van der Waals surface area contributed by atoms with E-state index in [1.807, 2.05) is 0 Å². The van der Waals surface area contributed by atoms with Crippen LogP contribution in [-0.2, 0) is 7.05 Å². The van der Waals surface area contributed by atoms with E-state index in [1.54, 1.807) is 19.2 Å². The lowest BCUT2D eigenvalue weighted by molar-refractivity contribution is 0.628. The lowest BCUT2D eigenvalue weighted by Crippen LogP contribution is -1.88. The molecular weight excluding hydrogens is 169 g/mol. The number of rotatable bonds is 1. The minimum atomic E-state index is -0.260. The summed E-state index contributed by atoms with van der Waals surface area (Å²) in [7, 11) is 1.74. The predicted octanol–water partition coefficient (Wildman–Crippen LogP) is 1.42. The summed E-state index contributed by atoms with van der Waals surface area (Å²) in [5.74, 6) is 0.297. The van der Waals surface area contributed by atoms with E-state index >= 15 is 0 Å². The van der Waals surface area contributed by atoms with Gasteiger partial charge in [-0.15, -0.1) is 0 Å². The maximum Gasteiger partial charge on any atom is 0.196 e. The Hall–Kier alpha value is -1.71. The molecule has 0 saturated heterocycles. The Morgan fingerprint density at radius 3 is 2.54 bits per heavy atom. The molecular formula is C9H7FN3. The minimum Gasteiger partial charge on any atom is -0.246 e. The molecule has 1 aromatic carbocycles. The third kappa shape index (κ3) is 1.56. The van der Waals surface area contributed by atoms with E-state index in [1.165, 1.54) is 16.8 Å². The van der Waals surface area contributed by atoms with E-state index in [0.29, 0.717) is 5.82 Å². The van der Waals surface area contributed by atoms with Crippen LogP contribution in [0.1, 0.15) is 0 Å². The van der Waals surface area contributed by atoms with Gasteiger partial charge in [0.15, 0.2) is 12.2 Å². The highest BCUT2D eigenvalue weighted by Gasteiger charge is 2.02. The van der Waals surface area contributed by atoms with Gasteiger partial charge in [-0.25, -0.2) is 14.1 Å². The van der Waals surface area contributed by atoms with Crippen LogP contribution in [0.2, 0.25) is 0 Å². The number of hydrogen-bond acceptors (Lipinski definition) is 2. The molecule has 0 spiro atoms. The molecule has 65 valence electrons. The Bertz CT molecular complexity index is 405. The van der Waals surface area contributed by atoms with Crippen LogP contribution in [0.3, 0.4) is 0 Å². The first-order chi connectivity index (χ1) is 6.25. The van der Waals surface area contributed by atoms with Crippen LogP contribution in [0.5, 0.6) is 0 Å². The molecule has 4 heteroatoms. The molecule has 0 atom stereocenters. The molecule has 0 fully saturated rings. The summed E-state index contributed by atoms with van der Waals surface area (Å²) >= 11 is 0. The van der Waals surface area contributed by atoms with Gasteiger partial charge in [-0.1, -0.05) is 0 Å². The summed E-state index contributed by atoms with van der Waals surface area (Å²) < 4.78 is 14.0. The Morgan fingerprint density at radius 1 is 1.31 bits per heavy atom. The first-order valence-corrected chi connectivity index (χ1v) is 3.80. The van der Waals surface area contributed by atoms with Crippen LogP contribution >= 0.6 is 0 Å². The zero-order valence-corrected chi connectivity index (χ0v) is 7.03. The molecule has 2 rings (SSSR count). The highest BCUT2D eigenvalue weighted by Crippen LogP contribution is 2.13. The van der Waals surface area contributed by atoms with Crippen LogP contribution in [0.4, 0.5) is 4.39 Å². The maximum absolute atomic E-state index is 12.6. The number of hydrogen-bond donors (Lipinski definition) is 0. The highest BCUT2D eigenvalue weighted by atomic mass is 19.1. The monoisotopic (exact) mass is 176 g/mol. The summed E-state index contributed by atoms with van der Waals surface area (Å²) in [5.41, 5.74) is 0.790. The van der Waals surface area contributed by atoms with Gasteiger partial charge in [0.05, 0.1) is 0 Å². The van der Waals surface area contributed by atoms with Gasteiger partial charge in [-0.2, -0.15) is 5.10 Å². The fourth-order valence-corrected chi connectivity index (χ4v) is 1.03. The highest BCUT2D eigenvalue weighted by molar-refractivity contribution is 5.53. The Balaban J connectivity index is 2.41. The SMILES string of the molecule is Cn1[c]nc(-c2ccc(F)cc2)n1. The van der Waals surface area contributed by atoms with E-state index in [2.05, 4.69) is 16.4 Å². The molecule has 0 aliphatic heterocycles. The summed E-state index contributed by atoms with van der Waals surface area (Å²) in [4.78, 5) is 3.92. The number of nitrogens with zero attached hydrogens (tertiary/aromatic N) is 3. The zero-order chi connectivity index (χ0) is 9.26. The first-order valence-electron chi connectivity index (χ1n) is 3.80. The van der Waals surface area contributed by atoms with Gasteiger partial charge in [-0.3, -0.25) is 0 Å². The average Bonchev–Trinajstić information content (AvgIpc) is 2.53. The van der Waals surface area contributed by atoms with E-state index in [4.69, 9.17) is 0 Å². The van der Waals surface area contributed by atoms with Crippen molar-refractivity contribution in [3.8, 4) is 11.4 Å². The van der Waals surface area contributed by atoms with Gasteiger partial charge in [0.2, 0.25) is 0 Å². The van der Waals surface area contributed by atoms with Crippen molar-refractivity contribution >= 4 is 0 Å². The smallest absolute Gasteiger partial charge is 0.196 e. The standard InChI is InChI=1S/C9H7FN3/c1-13-6-11-9(12-13)7-2-4-8(10)5-3-7/h2-5H,1H3. The molecule has 0 aliphatic rings. The quantitative estimate of drug-likeness (QED) is 0.657. The van der Waals surface area contributed by atoms with Gasteiger partial charge in [0.1, 0.15) is 5.82 Å². The van der Waals surface area contributed by atoms with Crippen molar-refractivity contribution < 1.29 is 4.39 Å². The Kier molecular flexibility index (Phi) is 1.81. The molecule has 2 aromatic rings. The number of aryl methyl sites for hydroxylation is 1. The second-order valence-electron chi connectivity index (χ2n) is 2.67. The molecule has 0 saturated carbocycles. The second kappa shape index (κ2) is 2.97. The third-order valence-corrected chi connectivity index (χ3v) is 1.65. The molecule has 0 N–H and O–H groups in total.